The van der Waals surface area contributed by atoms with E-state index >= 15 is 0 Å². The van der Waals surface area contributed by atoms with E-state index in [4.69, 9.17) is 15.5 Å². The van der Waals surface area contributed by atoms with Crippen molar-refractivity contribution in [2.75, 3.05) is 6.61 Å². The van der Waals surface area contributed by atoms with Crippen LogP contribution >= 0.6 is 0 Å². The number of carbonyl (C=O) groups excluding carboxylic acids is 2. The quantitative estimate of drug-likeness (QED) is 0.731. The lowest BCUT2D eigenvalue weighted by Gasteiger charge is -2.39. The molecule has 168 valence electrons. The fourth-order valence-corrected chi connectivity index (χ4v) is 5.50. The van der Waals surface area contributed by atoms with Gasteiger partial charge in [0.15, 0.2) is 5.96 Å². The maximum Gasteiger partial charge on any atom is 0.231 e. The number of hydrogen-bond donors (Lipinski definition) is 2. The molecule has 0 bridgehead atoms. The molecule has 2 heterocycles. The van der Waals surface area contributed by atoms with E-state index in [1.165, 1.54) is 0 Å². The first-order valence-corrected chi connectivity index (χ1v) is 11.5. The van der Waals surface area contributed by atoms with Crippen LogP contribution in [-0.4, -0.2) is 40.9 Å². The number of hydrogen-bond acceptors (Lipinski definition) is 5. The van der Waals surface area contributed by atoms with E-state index in [0.717, 1.165) is 30.6 Å². The molecule has 31 heavy (non-hydrogen) atoms. The summed E-state index contributed by atoms with van der Waals surface area (Å²) in [5.74, 6) is 1.32. The summed E-state index contributed by atoms with van der Waals surface area (Å²) in [6, 6.07) is 7.66. The third-order valence-corrected chi connectivity index (χ3v) is 7.65. The molecule has 1 aromatic rings. The van der Waals surface area contributed by atoms with Gasteiger partial charge in [-0.1, -0.05) is 39.0 Å². The van der Waals surface area contributed by atoms with E-state index in [0.29, 0.717) is 19.0 Å². The number of benzene rings is 1. The van der Waals surface area contributed by atoms with Gasteiger partial charge in [0.2, 0.25) is 11.8 Å². The Hall–Kier alpha value is -2.57. The van der Waals surface area contributed by atoms with E-state index in [9.17, 15) is 9.59 Å². The third kappa shape index (κ3) is 3.79. The minimum absolute atomic E-state index is 0.0142. The zero-order valence-electron chi connectivity index (χ0n) is 18.9. The van der Waals surface area contributed by atoms with Crippen molar-refractivity contribution in [3.8, 4) is 5.75 Å². The number of nitrogens with zero attached hydrogens (tertiary/aromatic N) is 2. The van der Waals surface area contributed by atoms with Crippen LogP contribution in [0.3, 0.4) is 0 Å². The average molecular weight is 427 g/mol. The highest BCUT2D eigenvalue weighted by Crippen LogP contribution is 2.50. The molecule has 4 rings (SSSR count). The number of fused-ring (bicyclic) bond motifs is 1. The van der Waals surface area contributed by atoms with Crippen molar-refractivity contribution < 1.29 is 14.3 Å². The minimum Gasteiger partial charge on any atom is -0.493 e. The SMILES string of the molecule is CCC1(CC)CC(=O)N([C@H](C)[C@@H]2C(C)[C@H]2C(=O)N[C@H]2CCOc3ccccc32)C(N)=N1. The van der Waals surface area contributed by atoms with Crippen molar-refractivity contribution in [2.45, 2.75) is 71.0 Å². The molecule has 1 aliphatic carbocycles. The Kier molecular flexibility index (Phi) is 5.71. The number of guanidine groups is 1. The number of ether oxygens (including phenoxy) is 1. The highest BCUT2D eigenvalue weighted by Gasteiger charge is 2.57. The van der Waals surface area contributed by atoms with Gasteiger partial charge < -0.3 is 15.8 Å². The standard InChI is InChI=1S/C24H34N4O3/c1-5-24(6-2)13-19(29)28(23(25)27-24)15(4)20-14(3)21(20)22(30)26-17-11-12-31-18-10-8-7-9-16(17)18/h7-10,14-15,17,20-21H,5-6,11-13H2,1-4H3,(H2,25,27)(H,26,30)/t14?,15-,17+,20+,21-/m1/s1. The second-order valence-corrected chi connectivity index (χ2v) is 9.28. The van der Waals surface area contributed by atoms with Crippen molar-refractivity contribution in [2.24, 2.45) is 28.5 Å². The Balaban J connectivity index is 1.45. The van der Waals surface area contributed by atoms with Crippen LogP contribution in [-0.2, 0) is 9.59 Å². The number of para-hydroxylation sites is 1. The Morgan fingerprint density at radius 3 is 2.74 bits per heavy atom. The summed E-state index contributed by atoms with van der Waals surface area (Å²) < 4.78 is 5.71. The number of nitrogens with one attached hydrogen (secondary N) is 1. The van der Waals surface area contributed by atoms with Crippen LogP contribution in [0.4, 0.5) is 0 Å². The lowest BCUT2D eigenvalue weighted by molar-refractivity contribution is -0.132. The molecule has 1 aromatic carbocycles. The molecular formula is C24H34N4O3. The van der Waals surface area contributed by atoms with Crippen molar-refractivity contribution in [3.63, 3.8) is 0 Å². The molecule has 1 fully saturated rings. The summed E-state index contributed by atoms with van der Waals surface area (Å²) in [5, 5.41) is 3.23. The summed E-state index contributed by atoms with van der Waals surface area (Å²) in [7, 11) is 0. The predicted molar refractivity (Wildman–Crippen MR) is 119 cm³/mol. The van der Waals surface area contributed by atoms with E-state index in [2.05, 4.69) is 12.2 Å². The highest BCUT2D eigenvalue weighted by atomic mass is 16.5. The van der Waals surface area contributed by atoms with Gasteiger partial charge in [0.25, 0.3) is 0 Å². The van der Waals surface area contributed by atoms with Crippen LogP contribution in [0.25, 0.3) is 0 Å². The van der Waals surface area contributed by atoms with Gasteiger partial charge in [-0.15, -0.1) is 0 Å². The van der Waals surface area contributed by atoms with Gasteiger partial charge in [0, 0.05) is 23.9 Å². The highest BCUT2D eigenvalue weighted by molar-refractivity contribution is 5.99. The molecule has 1 saturated carbocycles. The molecule has 7 nitrogen and oxygen atoms in total. The molecule has 3 aliphatic rings. The van der Waals surface area contributed by atoms with Gasteiger partial charge in [-0.2, -0.15) is 0 Å². The van der Waals surface area contributed by atoms with Gasteiger partial charge >= 0.3 is 0 Å². The van der Waals surface area contributed by atoms with Crippen LogP contribution in [0, 0.1) is 17.8 Å². The lowest BCUT2D eigenvalue weighted by Crippen LogP contribution is -2.55. The zero-order valence-corrected chi connectivity index (χ0v) is 18.9. The van der Waals surface area contributed by atoms with Crippen LogP contribution in [0.5, 0.6) is 5.75 Å². The topological polar surface area (TPSA) is 97.0 Å². The number of carbonyl (C=O) groups is 2. The normalized spacial score (nSPS) is 30.0. The van der Waals surface area contributed by atoms with Gasteiger partial charge in [0.1, 0.15) is 5.75 Å². The molecule has 0 aromatic heterocycles. The molecule has 2 amide bonds. The van der Waals surface area contributed by atoms with Gasteiger partial charge in [0.05, 0.1) is 24.6 Å². The van der Waals surface area contributed by atoms with Crippen LogP contribution < -0.4 is 15.8 Å². The number of amides is 2. The Labute approximate surface area is 184 Å². The summed E-state index contributed by atoms with van der Waals surface area (Å²) >= 11 is 0. The van der Waals surface area contributed by atoms with Gasteiger partial charge in [-0.25, -0.2) is 4.99 Å². The molecule has 0 saturated heterocycles. The van der Waals surface area contributed by atoms with E-state index in [1.807, 2.05) is 45.0 Å². The zero-order chi connectivity index (χ0) is 22.3. The summed E-state index contributed by atoms with van der Waals surface area (Å²) in [5.41, 5.74) is 6.91. The fraction of sp³-hybridized carbons (Fsp3) is 0.625. The first-order valence-electron chi connectivity index (χ1n) is 11.5. The molecule has 0 radical (unpaired) electrons. The first kappa shape index (κ1) is 21.7. The minimum atomic E-state index is -0.389. The van der Waals surface area contributed by atoms with Crippen molar-refractivity contribution in [1.82, 2.24) is 10.2 Å². The molecule has 0 spiro atoms. The summed E-state index contributed by atoms with van der Waals surface area (Å²) in [6.45, 7) is 8.75. The largest absolute Gasteiger partial charge is 0.493 e. The van der Waals surface area contributed by atoms with Crippen LogP contribution in [0.15, 0.2) is 29.3 Å². The number of aliphatic imine (C=N–C) groups is 1. The summed E-state index contributed by atoms with van der Waals surface area (Å²) in [4.78, 5) is 32.5. The fourth-order valence-electron chi connectivity index (χ4n) is 5.50. The number of rotatable bonds is 6. The molecule has 3 N–H and O–H groups in total. The Morgan fingerprint density at radius 2 is 2.06 bits per heavy atom. The van der Waals surface area contributed by atoms with Crippen molar-refractivity contribution >= 4 is 17.8 Å². The average Bonchev–Trinajstić information content (AvgIpc) is 3.44. The molecule has 2 aliphatic heterocycles. The van der Waals surface area contributed by atoms with Crippen molar-refractivity contribution in [1.29, 1.82) is 0 Å². The van der Waals surface area contributed by atoms with Gasteiger partial charge in [-0.05, 0) is 37.7 Å². The Morgan fingerprint density at radius 1 is 1.35 bits per heavy atom. The third-order valence-electron chi connectivity index (χ3n) is 7.65. The smallest absolute Gasteiger partial charge is 0.231 e. The van der Waals surface area contributed by atoms with E-state index in [-0.39, 0.29) is 47.2 Å². The number of nitrogens with two attached hydrogens (primary N) is 1. The van der Waals surface area contributed by atoms with Crippen LogP contribution in [0.2, 0.25) is 0 Å². The van der Waals surface area contributed by atoms with E-state index < -0.39 is 0 Å². The van der Waals surface area contributed by atoms with Crippen molar-refractivity contribution in [3.05, 3.63) is 29.8 Å². The first-order chi connectivity index (χ1) is 14.8. The molecule has 1 unspecified atom stereocenters. The molecule has 7 heteroatoms. The second-order valence-electron chi connectivity index (χ2n) is 9.28. The molecule has 5 atom stereocenters. The molecular weight excluding hydrogens is 392 g/mol. The second kappa shape index (κ2) is 8.17. The van der Waals surface area contributed by atoms with E-state index in [1.54, 1.807) is 4.90 Å². The predicted octanol–water partition coefficient (Wildman–Crippen LogP) is 3.00. The maximum absolute atomic E-state index is 13.1. The maximum atomic E-state index is 13.1. The summed E-state index contributed by atoms with van der Waals surface area (Å²) in [6.07, 6.45) is 2.71. The van der Waals surface area contributed by atoms with Gasteiger partial charge in [-0.3, -0.25) is 14.5 Å². The monoisotopic (exact) mass is 426 g/mol. The van der Waals surface area contributed by atoms with Crippen LogP contribution in [0.1, 0.15) is 65.0 Å². The lowest BCUT2D eigenvalue weighted by atomic mass is 9.87. The Bertz CT molecular complexity index is 895.